The van der Waals surface area contributed by atoms with Crippen molar-refractivity contribution in [2.75, 3.05) is 0 Å². The van der Waals surface area contributed by atoms with Crippen molar-refractivity contribution >= 4 is 29.2 Å². The molecule has 0 aliphatic rings. The predicted octanol–water partition coefficient (Wildman–Crippen LogP) is 3.82. The van der Waals surface area contributed by atoms with E-state index in [0.29, 0.717) is 21.3 Å². The highest BCUT2D eigenvalue weighted by molar-refractivity contribution is 6.35. The standard InChI is InChI=1S/C13H8Cl2FNO2/c14-9-3-8(4-10(15)6-9)11-2-1-7(5-12(18)19)13(16)17-11/h1-4,6H,5H2,(H,18,19). The largest absolute Gasteiger partial charge is 0.481 e. The number of halogens is 3. The molecule has 98 valence electrons. The van der Waals surface area contributed by atoms with Crippen LogP contribution in [0.1, 0.15) is 5.56 Å². The Hall–Kier alpha value is -1.65. The van der Waals surface area contributed by atoms with Gasteiger partial charge in [0.05, 0.1) is 12.1 Å². The second kappa shape index (κ2) is 5.55. The third kappa shape index (κ3) is 3.43. The van der Waals surface area contributed by atoms with E-state index in [1.807, 2.05) is 0 Å². The molecule has 0 bridgehead atoms. The van der Waals surface area contributed by atoms with Crippen LogP contribution in [-0.4, -0.2) is 16.1 Å². The van der Waals surface area contributed by atoms with Gasteiger partial charge in [-0.05, 0) is 24.3 Å². The fraction of sp³-hybridized carbons (Fsp3) is 0.0769. The molecule has 0 fully saturated rings. The van der Waals surface area contributed by atoms with E-state index in [1.54, 1.807) is 18.2 Å². The zero-order valence-electron chi connectivity index (χ0n) is 9.53. The third-order valence-electron chi connectivity index (χ3n) is 2.43. The van der Waals surface area contributed by atoms with Gasteiger partial charge in [-0.25, -0.2) is 4.98 Å². The fourth-order valence-electron chi connectivity index (χ4n) is 1.62. The molecule has 19 heavy (non-hydrogen) atoms. The van der Waals surface area contributed by atoms with E-state index in [1.165, 1.54) is 12.1 Å². The van der Waals surface area contributed by atoms with Gasteiger partial charge in [0.25, 0.3) is 0 Å². The number of carboxylic acids is 1. The quantitative estimate of drug-likeness (QED) is 0.877. The van der Waals surface area contributed by atoms with Crippen molar-refractivity contribution in [2.24, 2.45) is 0 Å². The summed E-state index contributed by atoms with van der Waals surface area (Å²) >= 11 is 11.7. The first-order chi connectivity index (χ1) is 8.95. The summed E-state index contributed by atoms with van der Waals surface area (Å²) in [6, 6.07) is 7.68. The molecule has 6 heteroatoms. The highest BCUT2D eigenvalue weighted by atomic mass is 35.5. The Morgan fingerprint density at radius 1 is 1.21 bits per heavy atom. The number of rotatable bonds is 3. The average Bonchev–Trinajstić information content (AvgIpc) is 2.30. The average molecular weight is 300 g/mol. The van der Waals surface area contributed by atoms with Crippen molar-refractivity contribution in [1.82, 2.24) is 4.98 Å². The minimum Gasteiger partial charge on any atom is -0.481 e. The summed E-state index contributed by atoms with van der Waals surface area (Å²) < 4.78 is 13.7. The van der Waals surface area contributed by atoms with Gasteiger partial charge in [-0.1, -0.05) is 29.3 Å². The number of carboxylic acid groups (broad SMARTS) is 1. The van der Waals surface area contributed by atoms with E-state index in [2.05, 4.69) is 4.98 Å². The Balaban J connectivity index is 2.41. The summed E-state index contributed by atoms with van der Waals surface area (Å²) in [6.07, 6.45) is -0.407. The lowest BCUT2D eigenvalue weighted by molar-refractivity contribution is -0.136. The molecule has 0 saturated carbocycles. The van der Waals surface area contributed by atoms with Crippen LogP contribution in [0.2, 0.25) is 10.0 Å². The number of benzene rings is 1. The molecule has 3 nitrogen and oxygen atoms in total. The number of aromatic nitrogens is 1. The lowest BCUT2D eigenvalue weighted by atomic mass is 10.1. The van der Waals surface area contributed by atoms with Crippen molar-refractivity contribution in [3.63, 3.8) is 0 Å². The van der Waals surface area contributed by atoms with Crippen LogP contribution in [0, 0.1) is 5.95 Å². The van der Waals surface area contributed by atoms with Crippen LogP contribution < -0.4 is 0 Å². The van der Waals surface area contributed by atoms with Crippen molar-refractivity contribution in [3.05, 3.63) is 51.9 Å². The Bertz CT molecular complexity index is 626. The Morgan fingerprint density at radius 3 is 2.37 bits per heavy atom. The van der Waals surface area contributed by atoms with Crippen LogP contribution in [0.25, 0.3) is 11.3 Å². The molecular formula is C13H8Cl2FNO2. The summed E-state index contributed by atoms with van der Waals surface area (Å²) in [4.78, 5) is 14.3. The van der Waals surface area contributed by atoms with E-state index >= 15 is 0 Å². The van der Waals surface area contributed by atoms with Gasteiger partial charge in [0.1, 0.15) is 0 Å². The van der Waals surface area contributed by atoms with Gasteiger partial charge in [-0.15, -0.1) is 0 Å². The first kappa shape index (κ1) is 13.8. The first-order valence-electron chi connectivity index (χ1n) is 5.29. The van der Waals surface area contributed by atoms with Crippen molar-refractivity contribution < 1.29 is 14.3 Å². The first-order valence-corrected chi connectivity index (χ1v) is 6.05. The number of hydrogen-bond donors (Lipinski definition) is 1. The highest BCUT2D eigenvalue weighted by Crippen LogP contribution is 2.26. The molecule has 1 aromatic heterocycles. The SMILES string of the molecule is O=C(O)Cc1ccc(-c2cc(Cl)cc(Cl)c2)nc1F. The summed E-state index contributed by atoms with van der Waals surface area (Å²) in [5.41, 5.74) is 0.943. The molecule has 0 aliphatic heterocycles. The maximum Gasteiger partial charge on any atom is 0.307 e. The lowest BCUT2D eigenvalue weighted by Gasteiger charge is -2.05. The molecule has 1 aromatic carbocycles. The van der Waals surface area contributed by atoms with E-state index in [0.717, 1.165) is 0 Å². The number of pyridine rings is 1. The number of hydrogen-bond acceptors (Lipinski definition) is 2. The van der Waals surface area contributed by atoms with Crippen LogP contribution in [0.15, 0.2) is 30.3 Å². The van der Waals surface area contributed by atoms with Crippen LogP contribution in [0.3, 0.4) is 0 Å². The van der Waals surface area contributed by atoms with Gasteiger partial charge >= 0.3 is 5.97 Å². The smallest absolute Gasteiger partial charge is 0.307 e. The minimum absolute atomic E-state index is 0.0318. The van der Waals surface area contributed by atoms with Crippen LogP contribution in [0.5, 0.6) is 0 Å². The van der Waals surface area contributed by atoms with Gasteiger partial charge in [0, 0.05) is 21.2 Å². The number of carbonyl (C=O) groups is 1. The second-order valence-electron chi connectivity index (χ2n) is 3.88. The number of nitrogens with zero attached hydrogens (tertiary/aromatic N) is 1. The van der Waals surface area contributed by atoms with Gasteiger partial charge in [-0.2, -0.15) is 4.39 Å². The van der Waals surface area contributed by atoms with E-state index in [4.69, 9.17) is 28.3 Å². The summed E-state index contributed by atoms with van der Waals surface area (Å²) in [5.74, 6) is -1.92. The number of aliphatic carboxylic acids is 1. The second-order valence-corrected chi connectivity index (χ2v) is 4.75. The van der Waals surface area contributed by atoms with Gasteiger partial charge in [-0.3, -0.25) is 4.79 Å². The monoisotopic (exact) mass is 299 g/mol. The molecule has 0 unspecified atom stereocenters. The van der Waals surface area contributed by atoms with Crippen LogP contribution in [0.4, 0.5) is 4.39 Å². The Labute approximate surface area is 118 Å². The Kier molecular flexibility index (Phi) is 4.02. The molecular weight excluding hydrogens is 292 g/mol. The topological polar surface area (TPSA) is 50.2 Å². The van der Waals surface area contributed by atoms with E-state index in [-0.39, 0.29) is 5.56 Å². The summed E-state index contributed by atoms with van der Waals surface area (Å²) in [7, 11) is 0. The summed E-state index contributed by atoms with van der Waals surface area (Å²) in [6.45, 7) is 0. The van der Waals surface area contributed by atoms with Crippen LogP contribution >= 0.6 is 23.2 Å². The molecule has 0 saturated heterocycles. The fourth-order valence-corrected chi connectivity index (χ4v) is 2.15. The van der Waals surface area contributed by atoms with E-state index < -0.39 is 18.3 Å². The van der Waals surface area contributed by atoms with Crippen molar-refractivity contribution in [1.29, 1.82) is 0 Å². The third-order valence-corrected chi connectivity index (χ3v) is 2.86. The molecule has 0 amide bonds. The minimum atomic E-state index is -1.11. The van der Waals surface area contributed by atoms with Crippen molar-refractivity contribution in [3.8, 4) is 11.3 Å². The molecule has 0 aliphatic carbocycles. The van der Waals surface area contributed by atoms with Gasteiger partial charge in [0.15, 0.2) is 0 Å². The normalized spacial score (nSPS) is 10.5. The molecule has 1 N–H and O–H groups in total. The molecule has 0 radical (unpaired) electrons. The maximum atomic E-state index is 13.7. The molecule has 2 rings (SSSR count). The molecule has 0 atom stereocenters. The molecule has 2 aromatic rings. The van der Waals surface area contributed by atoms with E-state index in [9.17, 15) is 9.18 Å². The maximum absolute atomic E-state index is 13.7. The van der Waals surface area contributed by atoms with Gasteiger partial charge < -0.3 is 5.11 Å². The highest BCUT2D eigenvalue weighted by Gasteiger charge is 2.10. The van der Waals surface area contributed by atoms with Crippen LogP contribution in [-0.2, 0) is 11.2 Å². The lowest BCUT2D eigenvalue weighted by Crippen LogP contribution is -2.04. The van der Waals surface area contributed by atoms with Crippen molar-refractivity contribution in [2.45, 2.75) is 6.42 Å². The Morgan fingerprint density at radius 2 is 1.84 bits per heavy atom. The predicted molar refractivity (Wildman–Crippen MR) is 71.0 cm³/mol. The zero-order valence-corrected chi connectivity index (χ0v) is 11.0. The zero-order chi connectivity index (χ0) is 14.0. The summed E-state index contributed by atoms with van der Waals surface area (Å²) in [5, 5.41) is 9.45. The van der Waals surface area contributed by atoms with Gasteiger partial charge in [0.2, 0.25) is 5.95 Å². The molecule has 1 heterocycles. The molecule has 0 spiro atoms.